The van der Waals surface area contributed by atoms with Crippen LogP contribution < -0.4 is 10.5 Å². The van der Waals surface area contributed by atoms with Gasteiger partial charge in [0.2, 0.25) is 0 Å². The fraction of sp³-hybridized carbons (Fsp3) is 0.133. The Morgan fingerprint density at radius 1 is 1.19 bits per heavy atom. The zero-order chi connectivity index (χ0) is 15.6. The van der Waals surface area contributed by atoms with Gasteiger partial charge in [0.05, 0.1) is 5.56 Å². The fourth-order valence-corrected chi connectivity index (χ4v) is 2.05. The molecule has 0 fully saturated rings. The molecule has 2 aromatic rings. The van der Waals surface area contributed by atoms with Gasteiger partial charge in [0.25, 0.3) is 5.91 Å². The Morgan fingerprint density at radius 3 is 2.57 bits per heavy atom. The summed E-state index contributed by atoms with van der Waals surface area (Å²) in [6.45, 7) is 0. The van der Waals surface area contributed by atoms with Crippen LogP contribution in [0.3, 0.4) is 0 Å². The molecule has 0 aliphatic heterocycles. The van der Waals surface area contributed by atoms with Gasteiger partial charge in [-0.2, -0.15) is 0 Å². The molecule has 0 bridgehead atoms. The Hall–Kier alpha value is -2.08. The zero-order valence-corrected chi connectivity index (χ0v) is 13.1. The maximum absolute atomic E-state index is 13.8. The van der Waals surface area contributed by atoms with Crippen molar-refractivity contribution in [2.45, 2.75) is 0 Å². The van der Waals surface area contributed by atoms with Crippen molar-refractivity contribution >= 4 is 27.5 Å². The summed E-state index contributed by atoms with van der Waals surface area (Å²) >= 11 is 3.25. The highest BCUT2D eigenvalue weighted by molar-refractivity contribution is 9.10. The number of hydrogen-bond acceptors (Lipinski definition) is 3. The normalized spacial score (nSPS) is 10.3. The van der Waals surface area contributed by atoms with Crippen LogP contribution in [0.4, 0.5) is 10.1 Å². The molecule has 2 N–H and O–H groups in total. The number of nitrogens with two attached hydrogens (primary N) is 1. The van der Waals surface area contributed by atoms with Gasteiger partial charge in [-0.3, -0.25) is 4.79 Å². The van der Waals surface area contributed by atoms with E-state index in [0.717, 1.165) is 0 Å². The van der Waals surface area contributed by atoms with Gasteiger partial charge in [0.15, 0.2) is 11.6 Å². The van der Waals surface area contributed by atoms with E-state index in [2.05, 4.69) is 15.9 Å². The van der Waals surface area contributed by atoms with Crippen molar-refractivity contribution in [3.8, 4) is 11.5 Å². The van der Waals surface area contributed by atoms with Gasteiger partial charge in [-0.05, 0) is 30.3 Å². The van der Waals surface area contributed by atoms with Gasteiger partial charge in [0, 0.05) is 30.3 Å². The number of hydrogen-bond donors (Lipinski definition) is 1. The first kappa shape index (κ1) is 15.3. The van der Waals surface area contributed by atoms with Gasteiger partial charge in [-0.15, -0.1) is 0 Å². The lowest BCUT2D eigenvalue weighted by Gasteiger charge is -2.15. The molecule has 2 rings (SSSR count). The maximum atomic E-state index is 13.8. The molecule has 4 nitrogen and oxygen atoms in total. The lowest BCUT2D eigenvalue weighted by molar-refractivity contribution is 0.0825. The van der Waals surface area contributed by atoms with Crippen molar-refractivity contribution in [2.24, 2.45) is 0 Å². The average molecular weight is 353 g/mol. The van der Waals surface area contributed by atoms with E-state index in [1.165, 1.54) is 23.1 Å². The van der Waals surface area contributed by atoms with E-state index < -0.39 is 5.82 Å². The molecular formula is C15H14BrFN2O2. The molecule has 0 saturated carbocycles. The summed E-state index contributed by atoms with van der Waals surface area (Å²) in [5.41, 5.74) is 6.46. The lowest BCUT2D eigenvalue weighted by atomic mass is 10.1. The Bertz CT molecular complexity index is 689. The summed E-state index contributed by atoms with van der Waals surface area (Å²) < 4.78 is 20.0. The highest BCUT2D eigenvalue weighted by Gasteiger charge is 2.16. The van der Waals surface area contributed by atoms with Crippen molar-refractivity contribution in [3.05, 3.63) is 52.3 Å². The van der Waals surface area contributed by atoms with Crippen LogP contribution >= 0.6 is 15.9 Å². The molecular weight excluding hydrogens is 339 g/mol. The Kier molecular flexibility index (Phi) is 4.47. The zero-order valence-electron chi connectivity index (χ0n) is 11.6. The molecule has 0 aromatic heterocycles. The molecule has 21 heavy (non-hydrogen) atoms. The minimum absolute atomic E-state index is 0.0165. The first-order valence-electron chi connectivity index (χ1n) is 6.12. The number of nitrogen functional groups attached to an aromatic ring is 1. The molecule has 0 spiro atoms. The van der Waals surface area contributed by atoms with Crippen LogP contribution in [0.1, 0.15) is 10.4 Å². The fourth-order valence-electron chi connectivity index (χ4n) is 1.71. The third-order valence-corrected chi connectivity index (χ3v) is 3.25. The predicted octanol–water partition coefficient (Wildman–Crippen LogP) is 3.66. The van der Waals surface area contributed by atoms with Gasteiger partial charge >= 0.3 is 0 Å². The molecule has 110 valence electrons. The predicted molar refractivity (Wildman–Crippen MR) is 83.0 cm³/mol. The molecule has 0 aliphatic carbocycles. The SMILES string of the molecule is CN(C)C(=O)c1ccc(N)cc1Oc1cc(Br)ccc1F. The number of carbonyl (C=O) groups is 1. The highest BCUT2D eigenvalue weighted by atomic mass is 79.9. The minimum atomic E-state index is -0.524. The number of rotatable bonds is 3. The summed E-state index contributed by atoms with van der Waals surface area (Å²) in [7, 11) is 3.25. The van der Waals surface area contributed by atoms with Crippen molar-refractivity contribution in [1.29, 1.82) is 0 Å². The van der Waals surface area contributed by atoms with E-state index in [9.17, 15) is 9.18 Å². The van der Waals surface area contributed by atoms with E-state index in [0.29, 0.717) is 15.7 Å². The van der Waals surface area contributed by atoms with Crippen molar-refractivity contribution in [1.82, 2.24) is 4.90 Å². The van der Waals surface area contributed by atoms with E-state index in [1.807, 2.05) is 0 Å². The number of ether oxygens (including phenoxy) is 1. The molecule has 0 saturated heterocycles. The number of nitrogens with zero attached hydrogens (tertiary/aromatic N) is 1. The molecule has 6 heteroatoms. The minimum Gasteiger partial charge on any atom is -0.453 e. The second-order valence-electron chi connectivity index (χ2n) is 4.63. The van der Waals surface area contributed by atoms with Gasteiger partial charge in [-0.1, -0.05) is 15.9 Å². The van der Waals surface area contributed by atoms with E-state index in [-0.39, 0.29) is 17.4 Å². The van der Waals surface area contributed by atoms with Crippen molar-refractivity contribution in [3.63, 3.8) is 0 Å². The molecule has 1 amide bonds. The summed E-state index contributed by atoms with van der Waals surface area (Å²) in [4.78, 5) is 13.5. The van der Waals surface area contributed by atoms with E-state index >= 15 is 0 Å². The first-order chi connectivity index (χ1) is 9.88. The number of anilines is 1. The molecule has 2 aromatic carbocycles. The van der Waals surface area contributed by atoms with Crippen LogP contribution in [-0.2, 0) is 0 Å². The van der Waals surface area contributed by atoms with E-state index in [1.54, 1.807) is 32.3 Å². The second kappa shape index (κ2) is 6.13. The van der Waals surface area contributed by atoms with Crippen LogP contribution in [0, 0.1) is 5.82 Å². The third-order valence-electron chi connectivity index (χ3n) is 2.76. The molecule has 0 radical (unpaired) electrons. The summed E-state index contributed by atoms with van der Waals surface area (Å²) in [6.07, 6.45) is 0. The van der Waals surface area contributed by atoms with Gasteiger partial charge in [-0.25, -0.2) is 4.39 Å². The van der Waals surface area contributed by atoms with Crippen LogP contribution in [0.2, 0.25) is 0 Å². The summed E-state index contributed by atoms with van der Waals surface area (Å²) in [5, 5.41) is 0. The Morgan fingerprint density at radius 2 is 1.90 bits per heavy atom. The monoisotopic (exact) mass is 352 g/mol. The lowest BCUT2D eigenvalue weighted by Crippen LogP contribution is -2.22. The Balaban J connectivity index is 2.45. The number of benzene rings is 2. The van der Waals surface area contributed by atoms with Crippen LogP contribution in [0.5, 0.6) is 11.5 Å². The Labute approximate surface area is 130 Å². The molecule has 0 aliphatic rings. The van der Waals surface area contributed by atoms with Crippen molar-refractivity contribution < 1.29 is 13.9 Å². The van der Waals surface area contributed by atoms with Crippen LogP contribution in [0.15, 0.2) is 40.9 Å². The largest absolute Gasteiger partial charge is 0.453 e. The summed E-state index contributed by atoms with van der Waals surface area (Å²) in [6, 6.07) is 8.98. The topological polar surface area (TPSA) is 55.6 Å². The summed E-state index contributed by atoms with van der Waals surface area (Å²) in [5.74, 6) is -0.544. The molecule has 0 heterocycles. The van der Waals surface area contributed by atoms with Crippen molar-refractivity contribution in [2.75, 3.05) is 19.8 Å². The quantitative estimate of drug-likeness (QED) is 0.857. The van der Waals surface area contributed by atoms with Crippen LogP contribution in [0.25, 0.3) is 0 Å². The number of halogens is 2. The number of amides is 1. The second-order valence-corrected chi connectivity index (χ2v) is 5.55. The standard InChI is InChI=1S/C15H14BrFN2O2/c1-19(2)15(20)11-5-4-10(18)8-13(11)21-14-7-9(16)3-6-12(14)17/h3-8H,18H2,1-2H3. The van der Waals surface area contributed by atoms with E-state index in [4.69, 9.17) is 10.5 Å². The van der Waals surface area contributed by atoms with Gasteiger partial charge < -0.3 is 15.4 Å². The van der Waals surface area contributed by atoms with Gasteiger partial charge in [0.1, 0.15) is 5.75 Å². The molecule has 0 atom stereocenters. The maximum Gasteiger partial charge on any atom is 0.257 e. The molecule has 0 unspecified atom stereocenters. The number of carbonyl (C=O) groups excluding carboxylic acids is 1. The highest BCUT2D eigenvalue weighted by Crippen LogP contribution is 2.31. The first-order valence-corrected chi connectivity index (χ1v) is 6.92. The third kappa shape index (κ3) is 3.52. The average Bonchev–Trinajstić information content (AvgIpc) is 2.42. The smallest absolute Gasteiger partial charge is 0.257 e. The van der Waals surface area contributed by atoms with Crippen LogP contribution in [-0.4, -0.2) is 24.9 Å².